The van der Waals surface area contributed by atoms with Gasteiger partial charge in [0.05, 0.1) is 6.61 Å². The second-order valence-corrected chi connectivity index (χ2v) is 5.72. The van der Waals surface area contributed by atoms with Crippen molar-refractivity contribution in [3.8, 4) is 0 Å². The second kappa shape index (κ2) is 5.45. The monoisotopic (exact) mass is 248 g/mol. The number of aliphatic hydroxyl groups is 1. The van der Waals surface area contributed by atoms with Gasteiger partial charge in [0, 0.05) is 37.9 Å². The van der Waals surface area contributed by atoms with E-state index in [1.165, 1.54) is 51.1 Å². The highest BCUT2D eigenvalue weighted by molar-refractivity contribution is 5.27. The number of hydrogen-bond acceptors (Lipinski definition) is 3. The molecule has 0 amide bonds. The summed E-state index contributed by atoms with van der Waals surface area (Å²) in [5, 5.41) is 9.25. The number of allylic oxidation sites excluding steroid dienone is 2. The van der Waals surface area contributed by atoms with Gasteiger partial charge in [0.2, 0.25) is 0 Å². The number of aliphatic hydroxyl groups excluding tert-OH is 1. The zero-order valence-electron chi connectivity index (χ0n) is 11.1. The minimum atomic E-state index is 0.186. The number of nitrogens with zero attached hydrogens (tertiary/aromatic N) is 2. The third-order valence-corrected chi connectivity index (χ3v) is 4.34. The normalized spacial score (nSPS) is 26.6. The van der Waals surface area contributed by atoms with Gasteiger partial charge in [-0.1, -0.05) is 6.08 Å². The van der Waals surface area contributed by atoms with Crippen LogP contribution in [0.5, 0.6) is 0 Å². The van der Waals surface area contributed by atoms with E-state index in [1.807, 2.05) is 0 Å². The van der Waals surface area contributed by atoms with Crippen molar-refractivity contribution in [1.29, 1.82) is 0 Å². The third kappa shape index (κ3) is 2.78. The summed E-state index contributed by atoms with van der Waals surface area (Å²) in [5.74, 6) is 0. The highest BCUT2D eigenvalue weighted by Crippen LogP contribution is 2.28. The molecule has 3 rings (SSSR count). The van der Waals surface area contributed by atoms with E-state index in [1.54, 1.807) is 0 Å². The van der Waals surface area contributed by atoms with Crippen molar-refractivity contribution < 1.29 is 5.11 Å². The first kappa shape index (κ1) is 12.2. The van der Waals surface area contributed by atoms with E-state index in [2.05, 4.69) is 22.0 Å². The smallest absolute Gasteiger partial charge is 0.0679 e. The zero-order valence-corrected chi connectivity index (χ0v) is 11.1. The Morgan fingerprint density at radius 2 is 2.06 bits per heavy atom. The lowest BCUT2D eigenvalue weighted by molar-refractivity contribution is 0.267. The minimum absolute atomic E-state index is 0.186. The van der Waals surface area contributed by atoms with E-state index in [0.717, 1.165) is 24.5 Å². The second-order valence-electron chi connectivity index (χ2n) is 5.72. The van der Waals surface area contributed by atoms with Crippen molar-refractivity contribution in [2.45, 2.75) is 38.1 Å². The molecule has 3 nitrogen and oxygen atoms in total. The predicted molar refractivity (Wildman–Crippen MR) is 73.3 cm³/mol. The van der Waals surface area contributed by atoms with Crippen LogP contribution in [0.25, 0.3) is 0 Å². The summed E-state index contributed by atoms with van der Waals surface area (Å²) in [6.07, 6.45) is 10.7. The Bertz CT molecular complexity index is 358. The standard InChI is InChI=1S/C15H24N2O/c18-12-13-3-1-4-15(11-13)17-8-2-7-16(9-10-17)14-5-6-14/h3,11,14,18H,1-2,4-10,12H2. The van der Waals surface area contributed by atoms with Crippen LogP contribution in [0.1, 0.15) is 32.1 Å². The molecule has 1 saturated carbocycles. The summed E-state index contributed by atoms with van der Waals surface area (Å²) in [5.41, 5.74) is 2.54. The van der Waals surface area contributed by atoms with Crippen LogP contribution in [0.3, 0.4) is 0 Å². The van der Waals surface area contributed by atoms with E-state index in [-0.39, 0.29) is 6.61 Å². The first-order valence-electron chi connectivity index (χ1n) is 7.36. The summed E-state index contributed by atoms with van der Waals surface area (Å²) in [4.78, 5) is 5.22. The molecule has 0 atom stereocenters. The number of hydrogen-bond donors (Lipinski definition) is 1. The Kier molecular flexibility index (Phi) is 3.71. The van der Waals surface area contributed by atoms with E-state index < -0.39 is 0 Å². The van der Waals surface area contributed by atoms with Gasteiger partial charge in [-0.05, 0) is 43.8 Å². The van der Waals surface area contributed by atoms with Gasteiger partial charge < -0.3 is 10.0 Å². The Hall–Kier alpha value is -0.800. The van der Waals surface area contributed by atoms with E-state index in [0.29, 0.717) is 0 Å². The first-order valence-corrected chi connectivity index (χ1v) is 7.36. The number of rotatable bonds is 3. The molecular weight excluding hydrogens is 224 g/mol. The molecule has 2 aliphatic carbocycles. The molecule has 0 aromatic rings. The molecule has 1 saturated heterocycles. The summed E-state index contributed by atoms with van der Waals surface area (Å²) >= 11 is 0. The molecule has 3 aliphatic rings. The molecule has 0 bridgehead atoms. The fraction of sp³-hybridized carbons (Fsp3) is 0.733. The molecule has 0 unspecified atom stereocenters. The van der Waals surface area contributed by atoms with E-state index >= 15 is 0 Å². The van der Waals surface area contributed by atoms with Gasteiger partial charge in [0.15, 0.2) is 0 Å². The Labute approximate surface area is 110 Å². The van der Waals surface area contributed by atoms with Crippen molar-refractivity contribution in [3.05, 3.63) is 23.4 Å². The van der Waals surface area contributed by atoms with Crippen LogP contribution in [0.4, 0.5) is 0 Å². The SMILES string of the molecule is OCC1=CCCC(N2CCCN(C3CC3)CC2)=C1. The summed E-state index contributed by atoms with van der Waals surface area (Å²) in [7, 11) is 0. The van der Waals surface area contributed by atoms with Crippen LogP contribution in [0.2, 0.25) is 0 Å². The fourth-order valence-electron chi connectivity index (χ4n) is 3.14. The Morgan fingerprint density at radius 1 is 1.17 bits per heavy atom. The van der Waals surface area contributed by atoms with Crippen molar-refractivity contribution in [2.75, 3.05) is 32.8 Å². The van der Waals surface area contributed by atoms with Crippen molar-refractivity contribution in [3.63, 3.8) is 0 Å². The highest BCUT2D eigenvalue weighted by Gasteiger charge is 2.30. The molecule has 3 heteroatoms. The quantitative estimate of drug-likeness (QED) is 0.824. The Morgan fingerprint density at radius 3 is 2.83 bits per heavy atom. The van der Waals surface area contributed by atoms with Gasteiger partial charge >= 0.3 is 0 Å². The summed E-state index contributed by atoms with van der Waals surface area (Å²) < 4.78 is 0. The van der Waals surface area contributed by atoms with Crippen molar-refractivity contribution in [2.24, 2.45) is 0 Å². The van der Waals surface area contributed by atoms with Crippen LogP contribution >= 0.6 is 0 Å². The molecule has 0 aromatic heterocycles. The molecule has 18 heavy (non-hydrogen) atoms. The minimum Gasteiger partial charge on any atom is -0.392 e. The largest absolute Gasteiger partial charge is 0.392 e. The topological polar surface area (TPSA) is 26.7 Å². The van der Waals surface area contributed by atoms with Crippen LogP contribution in [0, 0.1) is 0 Å². The van der Waals surface area contributed by atoms with Crippen LogP contribution in [-0.2, 0) is 0 Å². The van der Waals surface area contributed by atoms with Crippen LogP contribution in [0.15, 0.2) is 23.4 Å². The van der Waals surface area contributed by atoms with E-state index in [4.69, 9.17) is 0 Å². The van der Waals surface area contributed by atoms with Crippen molar-refractivity contribution in [1.82, 2.24) is 9.80 Å². The lowest BCUT2D eigenvalue weighted by atomic mass is 10.0. The molecule has 0 radical (unpaired) electrons. The predicted octanol–water partition coefficient (Wildman–Crippen LogP) is 1.75. The van der Waals surface area contributed by atoms with Crippen LogP contribution < -0.4 is 0 Å². The molecule has 100 valence electrons. The Balaban J connectivity index is 1.62. The molecule has 0 spiro atoms. The molecule has 1 heterocycles. The van der Waals surface area contributed by atoms with Gasteiger partial charge in [-0.15, -0.1) is 0 Å². The lowest BCUT2D eigenvalue weighted by Crippen LogP contribution is -2.32. The highest BCUT2D eigenvalue weighted by atomic mass is 16.3. The first-order chi connectivity index (χ1) is 8.86. The van der Waals surface area contributed by atoms with Gasteiger partial charge in [0.1, 0.15) is 0 Å². The van der Waals surface area contributed by atoms with Gasteiger partial charge in [-0.2, -0.15) is 0 Å². The maximum absolute atomic E-state index is 9.25. The molecule has 1 aliphatic heterocycles. The summed E-state index contributed by atoms with van der Waals surface area (Å²) in [6, 6.07) is 0.901. The van der Waals surface area contributed by atoms with Crippen molar-refractivity contribution >= 4 is 0 Å². The van der Waals surface area contributed by atoms with Gasteiger partial charge in [-0.3, -0.25) is 4.90 Å². The summed E-state index contributed by atoms with van der Waals surface area (Å²) in [6.45, 7) is 5.04. The third-order valence-electron chi connectivity index (χ3n) is 4.34. The maximum Gasteiger partial charge on any atom is 0.0679 e. The molecular formula is C15H24N2O. The fourth-order valence-corrected chi connectivity index (χ4v) is 3.14. The molecule has 2 fully saturated rings. The lowest BCUT2D eigenvalue weighted by Gasteiger charge is -2.28. The maximum atomic E-state index is 9.25. The average Bonchev–Trinajstić information content (AvgIpc) is 3.24. The van der Waals surface area contributed by atoms with Gasteiger partial charge in [0.25, 0.3) is 0 Å². The van der Waals surface area contributed by atoms with Crippen LogP contribution in [-0.4, -0.2) is 53.7 Å². The zero-order chi connectivity index (χ0) is 12.4. The average molecular weight is 248 g/mol. The van der Waals surface area contributed by atoms with Gasteiger partial charge in [-0.25, -0.2) is 0 Å². The van der Waals surface area contributed by atoms with E-state index in [9.17, 15) is 5.11 Å². The molecule has 1 N–H and O–H groups in total. The molecule has 0 aromatic carbocycles.